The molecular weight excluding hydrogens is 312 g/mol. The first-order valence-corrected chi connectivity index (χ1v) is 8.90. The number of hydrogen-bond acceptors (Lipinski definition) is 4. The van der Waals surface area contributed by atoms with E-state index in [1.54, 1.807) is 6.07 Å². The van der Waals surface area contributed by atoms with Gasteiger partial charge in [0.15, 0.2) is 0 Å². The molecule has 0 radical (unpaired) electrons. The highest BCUT2D eigenvalue weighted by atomic mass is 16.1. The lowest BCUT2D eigenvalue weighted by molar-refractivity contribution is 0.102. The van der Waals surface area contributed by atoms with E-state index in [2.05, 4.69) is 46.2 Å². The molecule has 2 aromatic rings. The Morgan fingerprint density at radius 2 is 1.72 bits per heavy atom. The number of aryl methyl sites for hydroxylation is 3. The molecule has 0 bridgehead atoms. The fourth-order valence-corrected chi connectivity index (χ4v) is 3.44. The molecule has 5 nitrogen and oxygen atoms in total. The fraction of sp³-hybridized carbons (Fsp3) is 0.450. The van der Waals surface area contributed by atoms with Gasteiger partial charge in [-0.05, 0) is 50.7 Å². The number of hydrogen-bond donors (Lipinski definition) is 1. The van der Waals surface area contributed by atoms with Crippen LogP contribution in [0.3, 0.4) is 0 Å². The first kappa shape index (κ1) is 17.4. The van der Waals surface area contributed by atoms with Crippen molar-refractivity contribution in [3.8, 4) is 0 Å². The van der Waals surface area contributed by atoms with Gasteiger partial charge in [0.05, 0.1) is 0 Å². The molecule has 0 atom stereocenters. The van der Waals surface area contributed by atoms with Crippen LogP contribution in [0.15, 0.2) is 24.5 Å². The predicted octanol–water partition coefficient (Wildman–Crippen LogP) is 3.89. The van der Waals surface area contributed by atoms with Crippen molar-refractivity contribution in [2.45, 2.75) is 40.5 Å². The molecule has 0 spiro atoms. The summed E-state index contributed by atoms with van der Waals surface area (Å²) >= 11 is 0. The van der Waals surface area contributed by atoms with Crippen molar-refractivity contribution in [2.24, 2.45) is 5.92 Å². The summed E-state index contributed by atoms with van der Waals surface area (Å²) in [6.45, 7) is 10.3. The lowest BCUT2D eigenvalue weighted by Crippen LogP contribution is -2.33. The predicted molar refractivity (Wildman–Crippen MR) is 101 cm³/mol. The smallest absolute Gasteiger partial charge is 0.274 e. The quantitative estimate of drug-likeness (QED) is 0.922. The Bertz CT molecular complexity index is 756. The van der Waals surface area contributed by atoms with E-state index < -0.39 is 0 Å². The first-order valence-electron chi connectivity index (χ1n) is 8.90. The molecule has 132 valence electrons. The number of benzene rings is 1. The molecule has 25 heavy (non-hydrogen) atoms. The van der Waals surface area contributed by atoms with Gasteiger partial charge in [0, 0.05) is 24.8 Å². The van der Waals surface area contributed by atoms with Crippen LogP contribution in [0.4, 0.5) is 11.5 Å². The van der Waals surface area contributed by atoms with Crippen molar-refractivity contribution >= 4 is 17.4 Å². The van der Waals surface area contributed by atoms with Crippen molar-refractivity contribution in [1.82, 2.24) is 9.97 Å². The average molecular weight is 338 g/mol. The van der Waals surface area contributed by atoms with Gasteiger partial charge in [-0.25, -0.2) is 9.97 Å². The molecule has 0 unspecified atom stereocenters. The Morgan fingerprint density at radius 1 is 1.08 bits per heavy atom. The minimum atomic E-state index is -0.191. The molecule has 1 N–H and O–H groups in total. The molecule has 2 heterocycles. The van der Waals surface area contributed by atoms with Crippen molar-refractivity contribution in [3.05, 3.63) is 46.9 Å². The molecule has 1 aromatic carbocycles. The topological polar surface area (TPSA) is 58.1 Å². The van der Waals surface area contributed by atoms with Crippen LogP contribution in [-0.4, -0.2) is 29.0 Å². The molecule has 5 heteroatoms. The summed E-state index contributed by atoms with van der Waals surface area (Å²) in [6.07, 6.45) is 3.80. The standard InChI is InChI=1S/C20H26N4O/c1-13-5-7-24(8-6-13)18-11-17(21-12-22-18)20(25)23-19-15(3)9-14(2)10-16(19)4/h9-13H,5-8H2,1-4H3,(H,23,25). The molecule has 0 aliphatic carbocycles. The van der Waals surface area contributed by atoms with E-state index in [-0.39, 0.29) is 5.91 Å². The Morgan fingerprint density at radius 3 is 2.36 bits per heavy atom. The Kier molecular flexibility index (Phi) is 5.02. The van der Waals surface area contributed by atoms with E-state index in [9.17, 15) is 4.79 Å². The fourth-order valence-electron chi connectivity index (χ4n) is 3.44. The molecule has 1 aromatic heterocycles. The van der Waals surface area contributed by atoms with Crippen LogP contribution in [0, 0.1) is 26.7 Å². The third kappa shape index (κ3) is 3.98. The van der Waals surface area contributed by atoms with E-state index >= 15 is 0 Å². The molecule has 1 fully saturated rings. The number of rotatable bonds is 3. The van der Waals surface area contributed by atoms with E-state index in [1.165, 1.54) is 11.9 Å². The van der Waals surface area contributed by atoms with Gasteiger partial charge in [-0.1, -0.05) is 24.6 Å². The van der Waals surface area contributed by atoms with Gasteiger partial charge in [0.25, 0.3) is 5.91 Å². The van der Waals surface area contributed by atoms with Crippen molar-refractivity contribution < 1.29 is 4.79 Å². The number of nitrogens with one attached hydrogen (secondary N) is 1. The zero-order chi connectivity index (χ0) is 18.0. The van der Waals surface area contributed by atoms with E-state index in [1.807, 2.05) is 13.8 Å². The molecule has 1 saturated heterocycles. The summed E-state index contributed by atoms with van der Waals surface area (Å²) in [4.78, 5) is 23.4. The van der Waals surface area contributed by atoms with Crippen LogP contribution < -0.4 is 10.2 Å². The Labute approximate surface area is 149 Å². The van der Waals surface area contributed by atoms with Gasteiger partial charge < -0.3 is 10.2 Å². The normalized spacial score (nSPS) is 15.3. The Hall–Kier alpha value is -2.43. The molecule has 0 saturated carbocycles. The zero-order valence-electron chi connectivity index (χ0n) is 15.5. The van der Waals surface area contributed by atoms with Crippen molar-refractivity contribution in [2.75, 3.05) is 23.3 Å². The highest BCUT2D eigenvalue weighted by Crippen LogP contribution is 2.24. The van der Waals surface area contributed by atoms with Crippen LogP contribution >= 0.6 is 0 Å². The maximum Gasteiger partial charge on any atom is 0.274 e. The largest absolute Gasteiger partial charge is 0.356 e. The summed E-state index contributed by atoms with van der Waals surface area (Å²) < 4.78 is 0. The molecule has 1 aliphatic heterocycles. The molecular formula is C20H26N4O. The van der Waals surface area contributed by atoms with Gasteiger partial charge in [-0.3, -0.25) is 4.79 Å². The number of anilines is 2. The minimum Gasteiger partial charge on any atom is -0.356 e. The van der Waals surface area contributed by atoms with Crippen LogP contribution in [0.2, 0.25) is 0 Å². The first-order chi connectivity index (χ1) is 11.9. The van der Waals surface area contributed by atoms with Gasteiger partial charge in [0.2, 0.25) is 0 Å². The van der Waals surface area contributed by atoms with Crippen LogP contribution in [0.1, 0.15) is 46.9 Å². The second kappa shape index (κ2) is 7.21. The van der Waals surface area contributed by atoms with Crippen molar-refractivity contribution in [1.29, 1.82) is 0 Å². The van der Waals surface area contributed by atoms with Crippen molar-refractivity contribution in [3.63, 3.8) is 0 Å². The van der Waals surface area contributed by atoms with E-state index in [0.29, 0.717) is 5.69 Å². The summed E-state index contributed by atoms with van der Waals surface area (Å²) in [6, 6.07) is 5.94. The number of aromatic nitrogens is 2. The second-order valence-electron chi connectivity index (χ2n) is 7.16. The van der Waals surface area contributed by atoms with Crippen LogP contribution in [0.5, 0.6) is 0 Å². The molecule has 1 amide bonds. The molecule has 1 aliphatic rings. The maximum absolute atomic E-state index is 12.7. The number of nitrogens with zero attached hydrogens (tertiary/aromatic N) is 3. The summed E-state index contributed by atoms with van der Waals surface area (Å²) in [7, 11) is 0. The number of piperidine rings is 1. The van der Waals surface area contributed by atoms with Crippen LogP contribution in [-0.2, 0) is 0 Å². The van der Waals surface area contributed by atoms with E-state index in [0.717, 1.165) is 54.5 Å². The SMILES string of the molecule is Cc1cc(C)c(NC(=O)c2cc(N3CCC(C)CC3)ncn2)c(C)c1. The molecule has 3 rings (SSSR count). The lowest BCUT2D eigenvalue weighted by atomic mass is 9.99. The van der Waals surface area contributed by atoms with Gasteiger partial charge in [-0.2, -0.15) is 0 Å². The number of carbonyl (C=O) groups is 1. The highest BCUT2D eigenvalue weighted by Gasteiger charge is 2.19. The lowest BCUT2D eigenvalue weighted by Gasteiger charge is -2.31. The monoisotopic (exact) mass is 338 g/mol. The van der Waals surface area contributed by atoms with Gasteiger partial charge in [0.1, 0.15) is 17.8 Å². The highest BCUT2D eigenvalue weighted by molar-refractivity contribution is 6.04. The third-order valence-corrected chi connectivity index (χ3v) is 4.91. The van der Waals surface area contributed by atoms with E-state index in [4.69, 9.17) is 0 Å². The average Bonchev–Trinajstić information content (AvgIpc) is 2.58. The van der Waals surface area contributed by atoms with Gasteiger partial charge in [-0.15, -0.1) is 0 Å². The maximum atomic E-state index is 12.7. The Balaban J connectivity index is 1.78. The van der Waals surface area contributed by atoms with Crippen LogP contribution in [0.25, 0.3) is 0 Å². The summed E-state index contributed by atoms with van der Waals surface area (Å²) in [5.41, 5.74) is 4.58. The number of carbonyl (C=O) groups excluding carboxylic acids is 1. The third-order valence-electron chi connectivity index (χ3n) is 4.91. The van der Waals surface area contributed by atoms with Gasteiger partial charge >= 0.3 is 0 Å². The summed E-state index contributed by atoms with van der Waals surface area (Å²) in [5, 5.41) is 3.01. The summed E-state index contributed by atoms with van der Waals surface area (Å²) in [5.74, 6) is 1.40. The minimum absolute atomic E-state index is 0.191. The number of amides is 1. The zero-order valence-corrected chi connectivity index (χ0v) is 15.5. The second-order valence-corrected chi connectivity index (χ2v) is 7.16.